The third kappa shape index (κ3) is 26.9. The highest BCUT2D eigenvalue weighted by atomic mass is 31.2. The van der Waals surface area contributed by atoms with Gasteiger partial charge in [0.05, 0.1) is 19.4 Å². The largest absolute Gasteiger partial charge is 0.457 e. The summed E-state index contributed by atoms with van der Waals surface area (Å²) in [6.45, 7) is 5.20. The van der Waals surface area contributed by atoms with Crippen LogP contribution in [0.1, 0.15) is 136 Å². The monoisotopic (exact) mass is 549 g/mol. The fourth-order valence-corrected chi connectivity index (χ4v) is 5.26. The Morgan fingerprint density at radius 1 is 0.757 bits per heavy atom. The van der Waals surface area contributed by atoms with Crippen molar-refractivity contribution in [1.82, 2.24) is 5.32 Å². The first-order chi connectivity index (χ1) is 17.9. The van der Waals surface area contributed by atoms with Crippen molar-refractivity contribution in [3.8, 4) is 0 Å². The number of ether oxygens (including phenoxy) is 2. The van der Waals surface area contributed by atoms with Crippen molar-refractivity contribution in [3.05, 3.63) is 0 Å². The minimum atomic E-state index is -3.71. The Hall–Kier alpha value is -0.460. The second-order valence-corrected chi connectivity index (χ2v) is 12.3. The van der Waals surface area contributed by atoms with E-state index < -0.39 is 13.7 Å². The van der Waals surface area contributed by atoms with Crippen molar-refractivity contribution < 1.29 is 28.3 Å². The molecule has 0 fully saturated rings. The molecule has 2 unspecified atom stereocenters. The van der Waals surface area contributed by atoms with Gasteiger partial charge in [0.1, 0.15) is 6.10 Å². The molecule has 0 saturated heterocycles. The molecule has 7 nitrogen and oxygen atoms in total. The van der Waals surface area contributed by atoms with Gasteiger partial charge in [0.2, 0.25) is 0 Å². The van der Waals surface area contributed by atoms with Crippen LogP contribution in [0, 0.1) is 0 Å². The van der Waals surface area contributed by atoms with Crippen molar-refractivity contribution in [2.75, 3.05) is 39.6 Å². The number of unbranched alkanes of at least 4 members (excludes halogenated alkanes) is 16. The predicted octanol–water partition coefficient (Wildman–Crippen LogP) is 7.79. The van der Waals surface area contributed by atoms with Crippen LogP contribution in [0.4, 0.5) is 0 Å². The van der Waals surface area contributed by atoms with E-state index in [0.717, 1.165) is 12.8 Å². The van der Waals surface area contributed by atoms with E-state index in [2.05, 4.69) is 12.2 Å². The van der Waals surface area contributed by atoms with E-state index >= 15 is 0 Å². The summed E-state index contributed by atoms with van der Waals surface area (Å²) in [5, 5.41) is 2.83. The quantitative estimate of drug-likeness (QED) is 0.0559. The summed E-state index contributed by atoms with van der Waals surface area (Å²) in [7, 11) is -2.00. The molecule has 222 valence electrons. The van der Waals surface area contributed by atoms with Gasteiger partial charge in [-0.15, -0.1) is 0 Å². The zero-order valence-corrected chi connectivity index (χ0v) is 25.4. The number of esters is 1. The van der Waals surface area contributed by atoms with Crippen molar-refractivity contribution in [2.45, 2.75) is 142 Å². The molecule has 2 atom stereocenters. The summed E-state index contributed by atoms with van der Waals surface area (Å²) in [5.74, 6) is -0.333. The molecular weight excluding hydrogens is 489 g/mol. The second-order valence-electron chi connectivity index (χ2n) is 10.4. The molecule has 0 rings (SSSR count). The first-order valence-corrected chi connectivity index (χ1v) is 17.1. The van der Waals surface area contributed by atoms with Crippen molar-refractivity contribution in [2.24, 2.45) is 0 Å². The van der Waals surface area contributed by atoms with Gasteiger partial charge in [0.15, 0.2) is 0 Å². The number of rotatable bonds is 29. The van der Waals surface area contributed by atoms with Crippen LogP contribution >= 0.6 is 7.60 Å². The lowest BCUT2D eigenvalue weighted by Crippen LogP contribution is -2.28. The van der Waals surface area contributed by atoms with Crippen LogP contribution < -0.4 is 5.32 Å². The van der Waals surface area contributed by atoms with E-state index in [1.165, 1.54) is 96.3 Å². The van der Waals surface area contributed by atoms with Crippen LogP contribution in [-0.4, -0.2) is 56.5 Å². The minimum absolute atomic E-state index is 0.0131. The van der Waals surface area contributed by atoms with E-state index in [0.29, 0.717) is 26.0 Å². The second kappa shape index (κ2) is 27.1. The molecule has 0 aromatic rings. The number of nitrogens with one attached hydrogen (secondary N) is 1. The first-order valence-electron chi connectivity index (χ1n) is 15.3. The Bertz CT molecular complexity index is 548. The highest BCUT2D eigenvalue weighted by molar-refractivity contribution is 7.52. The highest BCUT2D eigenvalue weighted by Gasteiger charge is 2.23. The van der Waals surface area contributed by atoms with Crippen LogP contribution in [0.25, 0.3) is 0 Å². The van der Waals surface area contributed by atoms with Crippen molar-refractivity contribution in [1.29, 1.82) is 0 Å². The summed E-state index contributed by atoms with van der Waals surface area (Å²) < 4.78 is 28.3. The van der Waals surface area contributed by atoms with Gasteiger partial charge in [-0.3, -0.25) is 9.36 Å². The molecule has 0 bridgehead atoms. The third-order valence-corrected chi connectivity index (χ3v) is 7.90. The summed E-state index contributed by atoms with van der Waals surface area (Å²) in [4.78, 5) is 21.8. The van der Waals surface area contributed by atoms with Gasteiger partial charge in [0.25, 0.3) is 0 Å². The van der Waals surface area contributed by atoms with Gasteiger partial charge < -0.3 is 24.2 Å². The molecule has 2 N–H and O–H groups in total. The molecule has 0 heterocycles. The maximum absolute atomic E-state index is 12.1. The molecule has 0 spiro atoms. The molecule has 0 aliphatic rings. The number of carbonyl (C=O) groups excluding carboxylic acids is 1. The summed E-state index contributed by atoms with van der Waals surface area (Å²) in [5.41, 5.74) is 0. The van der Waals surface area contributed by atoms with Crippen LogP contribution in [0.3, 0.4) is 0 Å². The lowest BCUT2D eigenvalue weighted by Gasteiger charge is -2.20. The molecule has 8 heteroatoms. The van der Waals surface area contributed by atoms with Gasteiger partial charge in [-0.05, 0) is 19.9 Å². The van der Waals surface area contributed by atoms with Crippen molar-refractivity contribution >= 4 is 13.6 Å². The zero-order chi connectivity index (χ0) is 27.5. The smallest absolute Gasteiger partial charge is 0.329 e. The number of hydrogen-bond acceptors (Lipinski definition) is 6. The highest BCUT2D eigenvalue weighted by Crippen LogP contribution is 2.41. The minimum Gasteiger partial charge on any atom is -0.457 e. The molecule has 37 heavy (non-hydrogen) atoms. The molecule has 0 saturated carbocycles. The third-order valence-electron chi connectivity index (χ3n) is 6.55. The lowest BCUT2D eigenvalue weighted by molar-refractivity contribution is -0.154. The summed E-state index contributed by atoms with van der Waals surface area (Å²) in [6.07, 6.45) is 23.0. The molecule has 0 aromatic carbocycles. The Labute approximate surface area is 228 Å². The first kappa shape index (κ1) is 36.5. The fourth-order valence-electron chi connectivity index (χ4n) is 4.23. The maximum atomic E-state index is 12.1. The summed E-state index contributed by atoms with van der Waals surface area (Å²) in [6, 6.07) is 0. The molecule has 0 amide bonds. The van der Waals surface area contributed by atoms with Gasteiger partial charge in [-0.2, -0.15) is 0 Å². The molecule has 0 aromatic heterocycles. The molecule has 0 aliphatic carbocycles. The molecular formula is C29H60NO6P. The Morgan fingerprint density at radius 3 is 1.70 bits per heavy atom. The van der Waals surface area contributed by atoms with Crippen LogP contribution in [0.5, 0.6) is 0 Å². The van der Waals surface area contributed by atoms with Crippen LogP contribution in [0.2, 0.25) is 0 Å². The lowest BCUT2D eigenvalue weighted by atomic mass is 10.0. The van der Waals surface area contributed by atoms with Gasteiger partial charge >= 0.3 is 13.6 Å². The SMILES string of the molecule is CCCCCCCCCCCCCCCCCCCOCC(COP(=O)(O)CCNC)OC(=O)CCC. The van der Waals surface area contributed by atoms with Gasteiger partial charge in [0, 0.05) is 19.6 Å². The van der Waals surface area contributed by atoms with Gasteiger partial charge in [-0.1, -0.05) is 117 Å². The Kier molecular flexibility index (Phi) is 26.8. The van der Waals surface area contributed by atoms with Crippen molar-refractivity contribution in [3.63, 3.8) is 0 Å². The van der Waals surface area contributed by atoms with E-state index in [9.17, 15) is 14.3 Å². The van der Waals surface area contributed by atoms with E-state index in [1.807, 2.05) is 6.92 Å². The Balaban J connectivity index is 3.70. The normalized spacial score (nSPS) is 13.9. The molecule has 0 aliphatic heterocycles. The van der Waals surface area contributed by atoms with E-state index in [1.54, 1.807) is 7.05 Å². The fraction of sp³-hybridized carbons (Fsp3) is 0.966. The van der Waals surface area contributed by atoms with Gasteiger partial charge in [-0.25, -0.2) is 0 Å². The zero-order valence-electron chi connectivity index (χ0n) is 24.5. The van der Waals surface area contributed by atoms with E-state index in [-0.39, 0.29) is 25.3 Å². The van der Waals surface area contributed by atoms with E-state index in [4.69, 9.17) is 14.0 Å². The van der Waals surface area contributed by atoms with Crippen LogP contribution in [0.15, 0.2) is 0 Å². The summed E-state index contributed by atoms with van der Waals surface area (Å²) >= 11 is 0. The van der Waals surface area contributed by atoms with Crippen LogP contribution in [-0.2, 0) is 23.4 Å². The standard InChI is InChI=1S/C29H60NO6P/c1-4-6-7-8-9-10-11-12-13-14-15-16-17-18-19-20-21-24-34-26-28(36-29(31)22-5-2)27-35-37(32,33)25-23-30-3/h28,30H,4-27H2,1-3H3,(H,32,33). The maximum Gasteiger partial charge on any atom is 0.329 e. The predicted molar refractivity (Wildman–Crippen MR) is 154 cm³/mol. The average molecular weight is 550 g/mol. The number of carbonyl (C=O) groups is 1. The Morgan fingerprint density at radius 2 is 1.24 bits per heavy atom. The molecule has 0 radical (unpaired) electrons. The average Bonchev–Trinajstić information content (AvgIpc) is 2.87. The number of hydrogen-bond donors (Lipinski definition) is 2. The topological polar surface area (TPSA) is 94.1 Å².